The highest BCUT2D eigenvalue weighted by Crippen LogP contribution is 2.37. The summed E-state index contributed by atoms with van der Waals surface area (Å²) in [7, 11) is 0. The van der Waals surface area contributed by atoms with Crippen LogP contribution in [0.15, 0.2) is 18.2 Å². The van der Waals surface area contributed by atoms with Gasteiger partial charge >= 0.3 is 0 Å². The van der Waals surface area contributed by atoms with E-state index in [1.165, 1.54) is 12.0 Å². The fraction of sp³-hybridized carbons (Fsp3) is 0.632. The van der Waals surface area contributed by atoms with E-state index >= 15 is 0 Å². The molecule has 0 bridgehead atoms. The Balaban J connectivity index is 0.00000208. The van der Waals surface area contributed by atoms with E-state index in [4.69, 9.17) is 4.74 Å². The zero-order chi connectivity index (χ0) is 16.3. The van der Waals surface area contributed by atoms with Gasteiger partial charge in [0.25, 0.3) is 0 Å². The number of rotatable bonds is 4. The molecule has 1 spiro atoms. The van der Waals surface area contributed by atoms with E-state index in [1.54, 1.807) is 0 Å². The molecule has 2 fully saturated rings. The molecule has 4 nitrogen and oxygen atoms in total. The smallest absolute Gasteiger partial charge is 0.225 e. The van der Waals surface area contributed by atoms with Crippen molar-refractivity contribution >= 4 is 18.3 Å². The number of nitrogens with zero attached hydrogens (tertiary/aromatic N) is 1. The van der Waals surface area contributed by atoms with Gasteiger partial charge in [0.15, 0.2) is 0 Å². The molecule has 0 atom stereocenters. The molecule has 0 unspecified atom stereocenters. The molecule has 0 aliphatic carbocycles. The van der Waals surface area contributed by atoms with E-state index in [-0.39, 0.29) is 18.3 Å². The van der Waals surface area contributed by atoms with Crippen LogP contribution in [0.5, 0.6) is 5.75 Å². The van der Waals surface area contributed by atoms with E-state index < -0.39 is 0 Å². The Morgan fingerprint density at radius 1 is 1.25 bits per heavy atom. The van der Waals surface area contributed by atoms with Gasteiger partial charge in [-0.25, -0.2) is 0 Å². The highest BCUT2D eigenvalue weighted by Gasteiger charge is 2.37. The average Bonchev–Trinajstić information content (AvgIpc) is 3.00. The Kier molecular flexibility index (Phi) is 6.53. The number of likely N-dealkylation sites (tertiary alicyclic amines) is 1. The zero-order valence-electron chi connectivity index (χ0n) is 14.8. The van der Waals surface area contributed by atoms with Crippen molar-refractivity contribution in [1.82, 2.24) is 10.2 Å². The second-order valence-electron chi connectivity index (χ2n) is 7.10. The number of aryl methyl sites for hydroxylation is 1. The Morgan fingerprint density at radius 2 is 2.00 bits per heavy atom. The lowest BCUT2D eigenvalue weighted by molar-refractivity contribution is -0.133. The first-order valence-corrected chi connectivity index (χ1v) is 8.77. The number of carbonyl (C=O) groups is 1. The third-order valence-corrected chi connectivity index (χ3v) is 5.64. The monoisotopic (exact) mass is 352 g/mol. The van der Waals surface area contributed by atoms with Gasteiger partial charge < -0.3 is 15.0 Å². The lowest BCUT2D eigenvalue weighted by atomic mass is 9.78. The number of hydrogen-bond donors (Lipinski definition) is 1. The van der Waals surface area contributed by atoms with Crippen molar-refractivity contribution in [1.29, 1.82) is 0 Å². The fourth-order valence-corrected chi connectivity index (χ4v) is 3.74. The molecule has 134 valence electrons. The van der Waals surface area contributed by atoms with Gasteiger partial charge in [0.1, 0.15) is 5.75 Å². The number of carbonyl (C=O) groups excluding carboxylic acids is 1. The number of benzene rings is 1. The number of nitrogens with one attached hydrogen (secondary N) is 1. The molecule has 3 rings (SSSR count). The molecule has 2 saturated heterocycles. The van der Waals surface area contributed by atoms with Gasteiger partial charge in [-0.15, -0.1) is 12.4 Å². The van der Waals surface area contributed by atoms with Crippen LogP contribution in [0.2, 0.25) is 0 Å². The summed E-state index contributed by atoms with van der Waals surface area (Å²) in [5.74, 6) is 1.13. The van der Waals surface area contributed by atoms with Crippen LogP contribution >= 0.6 is 12.4 Å². The van der Waals surface area contributed by atoms with Crippen LogP contribution in [0.25, 0.3) is 0 Å². The highest BCUT2D eigenvalue weighted by molar-refractivity contribution is 5.85. The average molecular weight is 353 g/mol. The molecule has 0 radical (unpaired) electrons. The molecular weight excluding hydrogens is 324 g/mol. The number of amides is 1. The second-order valence-corrected chi connectivity index (χ2v) is 7.10. The van der Waals surface area contributed by atoms with Crippen molar-refractivity contribution < 1.29 is 9.53 Å². The van der Waals surface area contributed by atoms with Gasteiger partial charge in [0.2, 0.25) is 5.91 Å². The lowest BCUT2D eigenvalue weighted by Gasteiger charge is -2.38. The summed E-state index contributed by atoms with van der Waals surface area (Å²) in [6.45, 7) is 8.68. The number of ether oxygens (including phenoxy) is 1. The maximum atomic E-state index is 12.4. The number of piperidine rings is 1. The van der Waals surface area contributed by atoms with Crippen LogP contribution in [0.3, 0.4) is 0 Å². The summed E-state index contributed by atoms with van der Waals surface area (Å²) in [6, 6.07) is 6.05. The fourth-order valence-electron chi connectivity index (χ4n) is 3.74. The van der Waals surface area contributed by atoms with Gasteiger partial charge in [-0.1, -0.05) is 12.1 Å². The van der Waals surface area contributed by atoms with Crippen molar-refractivity contribution in [2.24, 2.45) is 5.41 Å². The molecule has 0 aromatic heterocycles. The second kappa shape index (κ2) is 8.21. The van der Waals surface area contributed by atoms with Crippen LogP contribution < -0.4 is 10.1 Å². The highest BCUT2D eigenvalue weighted by atomic mass is 35.5. The van der Waals surface area contributed by atoms with E-state index in [0.717, 1.165) is 50.3 Å². The molecule has 1 aromatic rings. The van der Waals surface area contributed by atoms with E-state index in [0.29, 0.717) is 18.4 Å². The molecule has 24 heavy (non-hydrogen) atoms. The zero-order valence-corrected chi connectivity index (χ0v) is 15.6. The van der Waals surface area contributed by atoms with Crippen molar-refractivity contribution in [2.75, 3.05) is 32.8 Å². The summed E-state index contributed by atoms with van der Waals surface area (Å²) in [5.41, 5.74) is 2.85. The first-order chi connectivity index (χ1) is 11.1. The minimum atomic E-state index is 0. The SMILES string of the molecule is Cc1cccc(OCCC(=O)N2CCC3(CCNC3)CC2)c1C.Cl. The van der Waals surface area contributed by atoms with Crippen LogP contribution in [0, 0.1) is 19.3 Å². The molecule has 1 N–H and O–H groups in total. The van der Waals surface area contributed by atoms with Gasteiger partial charge in [-0.3, -0.25) is 4.79 Å². The number of halogens is 1. The molecule has 2 heterocycles. The largest absolute Gasteiger partial charge is 0.493 e. The Morgan fingerprint density at radius 3 is 2.67 bits per heavy atom. The Bertz CT molecular complexity index is 560. The van der Waals surface area contributed by atoms with Crippen LogP contribution in [0.1, 0.15) is 36.8 Å². The van der Waals surface area contributed by atoms with Crippen molar-refractivity contribution in [3.63, 3.8) is 0 Å². The topological polar surface area (TPSA) is 41.6 Å². The normalized spacial score (nSPS) is 19.2. The third-order valence-electron chi connectivity index (χ3n) is 5.64. The quantitative estimate of drug-likeness (QED) is 0.905. The predicted molar refractivity (Wildman–Crippen MR) is 99.0 cm³/mol. The van der Waals surface area contributed by atoms with E-state index in [1.807, 2.05) is 17.0 Å². The summed E-state index contributed by atoms with van der Waals surface area (Å²) >= 11 is 0. The molecule has 2 aliphatic rings. The molecule has 1 amide bonds. The van der Waals surface area contributed by atoms with Crippen molar-refractivity contribution in [3.05, 3.63) is 29.3 Å². The van der Waals surface area contributed by atoms with Gasteiger partial charge in [0.05, 0.1) is 13.0 Å². The Hall–Kier alpha value is -1.26. The van der Waals surface area contributed by atoms with Gasteiger partial charge in [-0.05, 0) is 62.3 Å². The molecule has 1 aromatic carbocycles. The Labute approximate surface area is 151 Å². The third kappa shape index (κ3) is 4.22. The lowest BCUT2D eigenvalue weighted by Crippen LogP contribution is -2.44. The maximum Gasteiger partial charge on any atom is 0.225 e. The summed E-state index contributed by atoms with van der Waals surface area (Å²) < 4.78 is 5.81. The van der Waals surface area contributed by atoms with Gasteiger partial charge in [-0.2, -0.15) is 0 Å². The first kappa shape index (κ1) is 19.1. The summed E-state index contributed by atoms with van der Waals surface area (Å²) in [4.78, 5) is 14.4. The van der Waals surface area contributed by atoms with Crippen LogP contribution in [0.4, 0.5) is 0 Å². The maximum absolute atomic E-state index is 12.4. The van der Waals surface area contributed by atoms with Crippen LogP contribution in [-0.4, -0.2) is 43.6 Å². The predicted octanol–water partition coefficient (Wildman–Crippen LogP) is 3.10. The standard InChI is InChI=1S/C19H28N2O2.ClH/c1-15-4-3-5-17(16(15)2)23-13-6-18(22)21-11-8-19(9-12-21)7-10-20-14-19;/h3-5,20H,6-14H2,1-2H3;1H. The summed E-state index contributed by atoms with van der Waals surface area (Å²) in [6.07, 6.45) is 4.02. The van der Waals surface area contributed by atoms with Crippen molar-refractivity contribution in [3.8, 4) is 5.75 Å². The van der Waals surface area contributed by atoms with Gasteiger partial charge in [0, 0.05) is 19.6 Å². The minimum absolute atomic E-state index is 0. The molecule has 0 saturated carbocycles. The molecular formula is C19H29ClN2O2. The van der Waals surface area contributed by atoms with E-state index in [2.05, 4.69) is 25.2 Å². The summed E-state index contributed by atoms with van der Waals surface area (Å²) in [5, 5.41) is 3.47. The first-order valence-electron chi connectivity index (χ1n) is 8.77. The minimum Gasteiger partial charge on any atom is -0.493 e. The van der Waals surface area contributed by atoms with Crippen molar-refractivity contribution in [2.45, 2.75) is 39.5 Å². The number of hydrogen-bond acceptors (Lipinski definition) is 3. The molecule has 2 aliphatic heterocycles. The van der Waals surface area contributed by atoms with Crippen LogP contribution in [-0.2, 0) is 4.79 Å². The molecule has 5 heteroatoms. The van der Waals surface area contributed by atoms with E-state index in [9.17, 15) is 4.79 Å².